The van der Waals surface area contributed by atoms with Crippen LogP contribution in [0.4, 0.5) is 4.79 Å². The van der Waals surface area contributed by atoms with E-state index in [0.717, 1.165) is 0 Å². The highest BCUT2D eigenvalue weighted by Gasteiger charge is 2.23. The molecule has 2 aromatic rings. The van der Waals surface area contributed by atoms with Gasteiger partial charge in [0.1, 0.15) is 11.6 Å². The zero-order chi connectivity index (χ0) is 18.4. The lowest BCUT2D eigenvalue weighted by Crippen LogP contribution is -2.35. The van der Waals surface area contributed by atoms with Crippen molar-refractivity contribution in [2.45, 2.75) is 38.8 Å². The standard InChI is InChI=1S/C18H23N3O4/c1-6-8-13(21-17(22)25-18(2,3)4)16-20-11-14(24-16)12-9-7-10-19-15(12)23-5/h6-7,9-11,13H,1,8H2,2-5H3,(H,21,22)/t13-/m0/s1. The first-order chi connectivity index (χ1) is 11.8. The fraction of sp³-hybridized carbons (Fsp3) is 0.389. The van der Waals surface area contributed by atoms with Crippen LogP contribution in [0.2, 0.25) is 0 Å². The summed E-state index contributed by atoms with van der Waals surface area (Å²) in [6.45, 7) is 9.10. The number of carbonyl (C=O) groups is 1. The summed E-state index contributed by atoms with van der Waals surface area (Å²) in [5.74, 6) is 1.29. The van der Waals surface area contributed by atoms with Gasteiger partial charge in [-0.05, 0) is 39.3 Å². The maximum absolute atomic E-state index is 12.0. The summed E-state index contributed by atoms with van der Waals surface area (Å²) in [5.41, 5.74) is 0.0894. The number of nitrogens with zero attached hydrogens (tertiary/aromatic N) is 2. The number of aromatic nitrogens is 2. The Balaban J connectivity index is 2.21. The molecule has 134 valence electrons. The maximum atomic E-state index is 12.0. The Bertz CT molecular complexity index is 734. The topological polar surface area (TPSA) is 86.5 Å². The number of pyridine rings is 1. The summed E-state index contributed by atoms with van der Waals surface area (Å²) in [4.78, 5) is 20.4. The lowest BCUT2D eigenvalue weighted by molar-refractivity contribution is 0.0496. The predicted molar refractivity (Wildman–Crippen MR) is 93.2 cm³/mol. The van der Waals surface area contributed by atoms with Gasteiger partial charge in [0, 0.05) is 6.20 Å². The van der Waals surface area contributed by atoms with E-state index in [0.29, 0.717) is 29.5 Å². The third-order valence-corrected chi connectivity index (χ3v) is 3.14. The second-order valence-electron chi connectivity index (χ2n) is 6.35. The summed E-state index contributed by atoms with van der Waals surface area (Å²) in [5, 5.41) is 2.75. The van der Waals surface area contributed by atoms with Crippen LogP contribution in [0, 0.1) is 0 Å². The fourth-order valence-electron chi connectivity index (χ4n) is 2.15. The minimum absolute atomic E-state index is 0.353. The number of rotatable bonds is 6. The smallest absolute Gasteiger partial charge is 0.408 e. The Morgan fingerprint density at radius 3 is 2.84 bits per heavy atom. The van der Waals surface area contributed by atoms with Crippen LogP contribution in [0.1, 0.15) is 39.1 Å². The summed E-state index contributed by atoms with van der Waals surface area (Å²) >= 11 is 0. The highest BCUT2D eigenvalue weighted by molar-refractivity contribution is 5.68. The Morgan fingerprint density at radius 2 is 2.20 bits per heavy atom. The van der Waals surface area contributed by atoms with E-state index in [1.54, 1.807) is 45.3 Å². The van der Waals surface area contributed by atoms with Crippen LogP contribution < -0.4 is 10.1 Å². The van der Waals surface area contributed by atoms with Gasteiger partial charge in [-0.2, -0.15) is 0 Å². The molecule has 0 saturated carbocycles. The van der Waals surface area contributed by atoms with Crippen LogP contribution in [0.15, 0.2) is 41.6 Å². The second kappa shape index (κ2) is 7.83. The minimum Gasteiger partial charge on any atom is -0.480 e. The van der Waals surface area contributed by atoms with Crippen molar-refractivity contribution in [2.75, 3.05) is 7.11 Å². The third kappa shape index (κ3) is 5.07. The molecule has 0 aliphatic rings. The molecule has 2 rings (SSSR count). The van der Waals surface area contributed by atoms with Gasteiger partial charge in [0.25, 0.3) is 0 Å². The first-order valence-electron chi connectivity index (χ1n) is 7.89. The Labute approximate surface area is 147 Å². The Morgan fingerprint density at radius 1 is 1.44 bits per heavy atom. The van der Waals surface area contributed by atoms with Crippen molar-refractivity contribution in [1.29, 1.82) is 0 Å². The molecule has 0 saturated heterocycles. The highest BCUT2D eigenvalue weighted by atomic mass is 16.6. The molecule has 1 atom stereocenters. The molecule has 0 aliphatic carbocycles. The Kier molecular flexibility index (Phi) is 5.80. The number of carbonyl (C=O) groups excluding carboxylic acids is 1. The number of hydrogen-bond acceptors (Lipinski definition) is 6. The molecule has 1 amide bonds. The van der Waals surface area contributed by atoms with Gasteiger partial charge >= 0.3 is 6.09 Å². The number of alkyl carbamates (subject to hydrolysis) is 1. The van der Waals surface area contributed by atoms with Crippen LogP contribution in [-0.4, -0.2) is 28.8 Å². The van der Waals surface area contributed by atoms with E-state index >= 15 is 0 Å². The van der Waals surface area contributed by atoms with Crippen molar-refractivity contribution in [1.82, 2.24) is 15.3 Å². The normalized spacial score (nSPS) is 12.3. The number of methoxy groups -OCH3 is 1. The van der Waals surface area contributed by atoms with Crippen molar-refractivity contribution < 1.29 is 18.7 Å². The average molecular weight is 345 g/mol. The van der Waals surface area contributed by atoms with E-state index < -0.39 is 17.7 Å². The maximum Gasteiger partial charge on any atom is 0.408 e. The monoisotopic (exact) mass is 345 g/mol. The molecule has 0 spiro atoms. The molecule has 2 aromatic heterocycles. The van der Waals surface area contributed by atoms with Gasteiger partial charge in [0.2, 0.25) is 11.8 Å². The summed E-state index contributed by atoms with van der Waals surface area (Å²) in [6.07, 6.45) is 4.78. The quantitative estimate of drug-likeness (QED) is 0.799. The molecule has 1 N–H and O–H groups in total. The fourth-order valence-corrected chi connectivity index (χ4v) is 2.15. The number of oxazole rings is 1. The first-order valence-corrected chi connectivity index (χ1v) is 7.89. The molecular formula is C18H23N3O4. The van der Waals surface area contributed by atoms with Crippen molar-refractivity contribution in [3.63, 3.8) is 0 Å². The zero-order valence-electron chi connectivity index (χ0n) is 14.9. The number of amides is 1. The van der Waals surface area contributed by atoms with E-state index in [1.165, 1.54) is 7.11 Å². The molecule has 0 bridgehead atoms. The van der Waals surface area contributed by atoms with E-state index in [1.807, 2.05) is 6.07 Å². The summed E-state index contributed by atoms with van der Waals surface area (Å²) in [7, 11) is 1.54. The van der Waals surface area contributed by atoms with Crippen LogP contribution >= 0.6 is 0 Å². The molecule has 25 heavy (non-hydrogen) atoms. The number of nitrogens with one attached hydrogen (secondary N) is 1. The zero-order valence-corrected chi connectivity index (χ0v) is 14.9. The van der Waals surface area contributed by atoms with Crippen molar-refractivity contribution in [3.8, 4) is 17.2 Å². The van der Waals surface area contributed by atoms with Gasteiger partial charge in [-0.3, -0.25) is 0 Å². The molecule has 0 aliphatic heterocycles. The van der Waals surface area contributed by atoms with Gasteiger partial charge in [-0.25, -0.2) is 14.8 Å². The molecule has 0 radical (unpaired) electrons. The first kappa shape index (κ1) is 18.5. The molecule has 0 aromatic carbocycles. The average Bonchev–Trinajstić information content (AvgIpc) is 3.02. The molecule has 0 unspecified atom stereocenters. The SMILES string of the molecule is C=CC[C@H](NC(=O)OC(C)(C)C)c1ncc(-c2cccnc2OC)o1. The van der Waals surface area contributed by atoms with Crippen LogP contribution in [0.3, 0.4) is 0 Å². The number of ether oxygens (including phenoxy) is 2. The van der Waals surface area contributed by atoms with Gasteiger partial charge in [-0.15, -0.1) is 6.58 Å². The van der Waals surface area contributed by atoms with Crippen LogP contribution in [-0.2, 0) is 4.74 Å². The molecule has 2 heterocycles. The van der Waals surface area contributed by atoms with E-state index in [4.69, 9.17) is 13.9 Å². The molecule has 0 fully saturated rings. The van der Waals surface area contributed by atoms with Gasteiger partial charge in [-0.1, -0.05) is 6.08 Å². The molecule has 7 nitrogen and oxygen atoms in total. The van der Waals surface area contributed by atoms with E-state index in [9.17, 15) is 4.79 Å². The van der Waals surface area contributed by atoms with E-state index in [-0.39, 0.29) is 0 Å². The van der Waals surface area contributed by atoms with Crippen LogP contribution in [0.5, 0.6) is 5.88 Å². The van der Waals surface area contributed by atoms with Crippen LogP contribution in [0.25, 0.3) is 11.3 Å². The molecule has 7 heteroatoms. The summed E-state index contributed by atoms with van der Waals surface area (Å²) < 4.78 is 16.3. The van der Waals surface area contributed by atoms with Crippen molar-refractivity contribution in [3.05, 3.63) is 43.1 Å². The van der Waals surface area contributed by atoms with Gasteiger partial charge < -0.3 is 19.2 Å². The van der Waals surface area contributed by atoms with Gasteiger partial charge in [0.15, 0.2) is 5.76 Å². The van der Waals surface area contributed by atoms with Crippen molar-refractivity contribution >= 4 is 6.09 Å². The lowest BCUT2D eigenvalue weighted by atomic mass is 10.2. The molecular weight excluding hydrogens is 322 g/mol. The minimum atomic E-state index is -0.590. The summed E-state index contributed by atoms with van der Waals surface area (Å²) in [6, 6.07) is 3.11. The third-order valence-electron chi connectivity index (χ3n) is 3.14. The lowest BCUT2D eigenvalue weighted by Gasteiger charge is -2.22. The largest absolute Gasteiger partial charge is 0.480 e. The number of hydrogen-bond donors (Lipinski definition) is 1. The van der Waals surface area contributed by atoms with Crippen molar-refractivity contribution in [2.24, 2.45) is 0 Å². The Hall–Kier alpha value is -2.83. The van der Waals surface area contributed by atoms with E-state index in [2.05, 4.69) is 21.9 Å². The second-order valence-corrected chi connectivity index (χ2v) is 6.35. The predicted octanol–water partition coefficient (Wildman–Crippen LogP) is 3.89. The highest BCUT2D eigenvalue weighted by Crippen LogP contribution is 2.30. The van der Waals surface area contributed by atoms with Gasteiger partial charge in [0.05, 0.1) is 18.9 Å².